The number of aromatic hydroxyl groups is 1. The van der Waals surface area contributed by atoms with Crippen LogP contribution in [0.3, 0.4) is 0 Å². The fourth-order valence-corrected chi connectivity index (χ4v) is 0.971. The molecule has 2 heterocycles. The van der Waals surface area contributed by atoms with Crippen molar-refractivity contribution in [3.63, 3.8) is 0 Å². The van der Waals surface area contributed by atoms with Crippen molar-refractivity contribution in [2.45, 2.75) is 6.42 Å². The number of H-pyrrole nitrogens is 2. The molecule has 0 aliphatic carbocycles. The monoisotopic (exact) mass is 190 g/mol. The number of aromatic nitrogens is 2. The van der Waals surface area contributed by atoms with E-state index in [1.165, 1.54) is 5.69 Å². The third-order valence-corrected chi connectivity index (χ3v) is 1.61. The van der Waals surface area contributed by atoms with Gasteiger partial charge in [-0.05, 0) is 24.3 Å². The van der Waals surface area contributed by atoms with Crippen LogP contribution in [-0.2, 0) is 6.42 Å². The SMILES string of the molecule is C=CCc1ccc[nH]1.Oc1ccc[nH]1. The van der Waals surface area contributed by atoms with Gasteiger partial charge in [-0.3, -0.25) is 0 Å². The largest absolute Gasteiger partial charge is 0.495 e. The molecule has 0 atom stereocenters. The maximum atomic E-state index is 8.42. The van der Waals surface area contributed by atoms with Crippen LogP contribution in [0.5, 0.6) is 5.88 Å². The highest BCUT2D eigenvalue weighted by molar-refractivity contribution is 5.07. The molecule has 2 aromatic rings. The van der Waals surface area contributed by atoms with Gasteiger partial charge < -0.3 is 15.1 Å². The second kappa shape index (κ2) is 5.70. The van der Waals surface area contributed by atoms with Crippen molar-refractivity contribution in [3.8, 4) is 5.88 Å². The highest BCUT2D eigenvalue weighted by Gasteiger charge is 1.83. The molecule has 0 aromatic carbocycles. The molecule has 0 bridgehead atoms. The fourth-order valence-electron chi connectivity index (χ4n) is 0.971. The Hall–Kier alpha value is -1.90. The van der Waals surface area contributed by atoms with E-state index in [1.807, 2.05) is 24.4 Å². The van der Waals surface area contributed by atoms with Crippen molar-refractivity contribution < 1.29 is 5.11 Å². The maximum Gasteiger partial charge on any atom is 0.188 e. The Kier molecular flexibility index (Phi) is 4.14. The van der Waals surface area contributed by atoms with Crippen molar-refractivity contribution in [2.75, 3.05) is 0 Å². The summed E-state index contributed by atoms with van der Waals surface area (Å²) in [4.78, 5) is 5.62. The average molecular weight is 190 g/mol. The smallest absolute Gasteiger partial charge is 0.188 e. The van der Waals surface area contributed by atoms with Crippen LogP contribution >= 0.6 is 0 Å². The number of rotatable bonds is 2. The molecule has 3 N–H and O–H groups in total. The second-order valence-corrected chi connectivity index (χ2v) is 2.74. The molecule has 0 unspecified atom stereocenters. The van der Waals surface area contributed by atoms with Crippen LogP contribution in [0.2, 0.25) is 0 Å². The standard InChI is InChI=1S/C7H9N.C4H5NO/c1-2-4-7-5-3-6-8-7;6-4-2-1-3-5-4/h2-3,5-6,8H,1,4H2;1-3,5-6H. The highest BCUT2D eigenvalue weighted by atomic mass is 16.3. The third-order valence-electron chi connectivity index (χ3n) is 1.61. The van der Waals surface area contributed by atoms with E-state index >= 15 is 0 Å². The molecule has 14 heavy (non-hydrogen) atoms. The van der Waals surface area contributed by atoms with E-state index in [0.717, 1.165) is 6.42 Å². The van der Waals surface area contributed by atoms with Crippen molar-refractivity contribution >= 4 is 0 Å². The normalized spacial score (nSPS) is 8.86. The Balaban J connectivity index is 0.000000146. The van der Waals surface area contributed by atoms with Crippen LogP contribution in [-0.4, -0.2) is 15.1 Å². The second-order valence-electron chi connectivity index (χ2n) is 2.74. The van der Waals surface area contributed by atoms with Crippen LogP contribution in [0.1, 0.15) is 5.69 Å². The van der Waals surface area contributed by atoms with Gasteiger partial charge in [0, 0.05) is 24.5 Å². The van der Waals surface area contributed by atoms with Crippen molar-refractivity contribution in [1.82, 2.24) is 9.97 Å². The van der Waals surface area contributed by atoms with Gasteiger partial charge in [-0.1, -0.05) is 6.08 Å². The lowest BCUT2D eigenvalue weighted by atomic mass is 10.3. The molecule has 0 saturated carbocycles. The van der Waals surface area contributed by atoms with Crippen molar-refractivity contribution in [1.29, 1.82) is 0 Å². The quantitative estimate of drug-likeness (QED) is 0.626. The third kappa shape index (κ3) is 3.67. The maximum absolute atomic E-state index is 8.42. The molecule has 0 aliphatic heterocycles. The predicted molar refractivity (Wildman–Crippen MR) is 57.2 cm³/mol. The van der Waals surface area contributed by atoms with E-state index in [9.17, 15) is 0 Å². The first kappa shape index (κ1) is 10.2. The summed E-state index contributed by atoms with van der Waals surface area (Å²) in [5.74, 6) is 0.218. The van der Waals surface area contributed by atoms with Gasteiger partial charge in [-0.2, -0.15) is 0 Å². The van der Waals surface area contributed by atoms with Crippen LogP contribution < -0.4 is 0 Å². The lowest BCUT2D eigenvalue weighted by molar-refractivity contribution is 0.457. The summed E-state index contributed by atoms with van der Waals surface area (Å²) in [7, 11) is 0. The molecule has 2 rings (SSSR count). The zero-order valence-corrected chi connectivity index (χ0v) is 7.90. The van der Waals surface area contributed by atoms with Gasteiger partial charge >= 0.3 is 0 Å². The first-order chi connectivity index (χ1) is 6.83. The van der Waals surface area contributed by atoms with Gasteiger partial charge in [0.15, 0.2) is 5.88 Å². The first-order valence-corrected chi connectivity index (χ1v) is 4.38. The van der Waals surface area contributed by atoms with Gasteiger partial charge in [0.05, 0.1) is 0 Å². The molecule has 0 fully saturated rings. The van der Waals surface area contributed by atoms with E-state index in [4.69, 9.17) is 5.11 Å². The molecular formula is C11H14N2O. The minimum atomic E-state index is 0.218. The molecule has 3 heteroatoms. The van der Waals surface area contributed by atoms with Crippen molar-refractivity contribution in [2.24, 2.45) is 0 Å². The Labute approximate surface area is 83.1 Å². The Morgan fingerprint density at radius 3 is 2.29 bits per heavy atom. The van der Waals surface area contributed by atoms with Gasteiger partial charge in [0.1, 0.15) is 0 Å². The van der Waals surface area contributed by atoms with Crippen LogP contribution in [0.4, 0.5) is 0 Å². The van der Waals surface area contributed by atoms with E-state index in [1.54, 1.807) is 18.3 Å². The van der Waals surface area contributed by atoms with E-state index in [0.29, 0.717) is 0 Å². The van der Waals surface area contributed by atoms with Crippen LogP contribution in [0, 0.1) is 0 Å². The highest BCUT2D eigenvalue weighted by Crippen LogP contribution is 1.97. The van der Waals surface area contributed by atoms with E-state index < -0.39 is 0 Å². The Morgan fingerprint density at radius 2 is 1.93 bits per heavy atom. The van der Waals surface area contributed by atoms with Crippen LogP contribution in [0.15, 0.2) is 49.3 Å². The fraction of sp³-hybridized carbons (Fsp3) is 0.0909. The minimum Gasteiger partial charge on any atom is -0.495 e. The van der Waals surface area contributed by atoms with Gasteiger partial charge in [-0.25, -0.2) is 0 Å². The molecule has 0 spiro atoms. The number of nitrogens with one attached hydrogen (secondary N) is 2. The summed E-state index contributed by atoms with van der Waals surface area (Å²) in [5.41, 5.74) is 1.22. The molecule has 0 aliphatic rings. The zero-order chi connectivity index (χ0) is 10.2. The molecule has 0 amide bonds. The first-order valence-electron chi connectivity index (χ1n) is 4.38. The number of hydrogen-bond acceptors (Lipinski definition) is 1. The van der Waals surface area contributed by atoms with Crippen LogP contribution in [0.25, 0.3) is 0 Å². The van der Waals surface area contributed by atoms with Gasteiger partial charge in [0.25, 0.3) is 0 Å². The number of hydrogen-bond donors (Lipinski definition) is 3. The zero-order valence-electron chi connectivity index (χ0n) is 7.90. The predicted octanol–water partition coefficient (Wildman–Crippen LogP) is 2.46. The summed E-state index contributed by atoms with van der Waals surface area (Å²) in [6.07, 6.45) is 6.40. The average Bonchev–Trinajstić information content (AvgIpc) is 2.79. The summed E-state index contributed by atoms with van der Waals surface area (Å²) in [5, 5.41) is 8.42. The van der Waals surface area contributed by atoms with Crippen molar-refractivity contribution in [3.05, 3.63) is 55.0 Å². The molecular weight excluding hydrogens is 176 g/mol. The lowest BCUT2D eigenvalue weighted by Gasteiger charge is -1.83. The summed E-state index contributed by atoms with van der Waals surface area (Å²) >= 11 is 0. The summed E-state index contributed by atoms with van der Waals surface area (Å²) in [6.45, 7) is 3.62. The molecule has 74 valence electrons. The topological polar surface area (TPSA) is 51.8 Å². The molecule has 3 nitrogen and oxygen atoms in total. The molecule has 0 radical (unpaired) electrons. The van der Waals surface area contributed by atoms with Gasteiger partial charge in [0.2, 0.25) is 0 Å². The number of allylic oxidation sites excluding steroid dienone is 1. The van der Waals surface area contributed by atoms with Gasteiger partial charge in [-0.15, -0.1) is 6.58 Å². The number of aromatic amines is 2. The lowest BCUT2D eigenvalue weighted by Crippen LogP contribution is -1.75. The van der Waals surface area contributed by atoms with E-state index in [-0.39, 0.29) is 5.88 Å². The molecule has 0 saturated heterocycles. The Morgan fingerprint density at radius 1 is 1.21 bits per heavy atom. The summed E-state index contributed by atoms with van der Waals surface area (Å²) in [6, 6.07) is 7.34. The Bertz CT molecular complexity index is 335. The molecule has 2 aromatic heterocycles. The van der Waals surface area contributed by atoms with E-state index in [2.05, 4.69) is 16.5 Å². The summed E-state index contributed by atoms with van der Waals surface area (Å²) < 4.78 is 0. The minimum absolute atomic E-state index is 0.218.